The molecule has 7 heteroatoms. The number of hydrogen-bond donors (Lipinski definition) is 2. The molecule has 2 N–H and O–H groups in total. The molecule has 25 heavy (non-hydrogen) atoms. The first-order valence-corrected chi connectivity index (χ1v) is 7.94. The van der Waals surface area contributed by atoms with Crippen molar-refractivity contribution in [3.8, 4) is 5.88 Å². The minimum atomic E-state index is -0.771. The topological polar surface area (TPSA) is 83.6 Å². The third kappa shape index (κ3) is 4.69. The zero-order chi connectivity index (χ0) is 18.2. The van der Waals surface area contributed by atoms with Crippen molar-refractivity contribution in [1.29, 1.82) is 0 Å². The number of nitrogens with zero attached hydrogens (tertiary/aromatic N) is 2. The van der Waals surface area contributed by atoms with Crippen LogP contribution in [0.3, 0.4) is 0 Å². The summed E-state index contributed by atoms with van der Waals surface area (Å²) < 4.78 is 5.05. The molecule has 2 aromatic rings. The van der Waals surface area contributed by atoms with Crippen LogP contribution in [0.5, 0.6) is 5.88 Å². The van der Waals surface area contributed by atoms with Crippen LogP contribution < -0.4 is 20.3 Å². The molecule has 132 valence electrons. The molecular formula is C18H22N4O3. The lowest BCUT2D eigenvalue weighted by Crippen LogP contribution is -2.35. The molecule has 0 aliphatic heterocycles. The van der Waals surface area contributed by atoms with E-state index in [9.17, 15) is 9.59 Å². The van der Waals surface area contributed by atoms with Gasteiger partial charge in [0.1, 0.15) is 5.69 Å². The lowest BCUT2D eigenvalue weighted by molar-refractivity contribution is -0.136. The van der Waals surface area contributed by atoms with Crippen LogP contribution in [0.15, 0.2) is 42.6 Å². The molecule has 0 saturated heterocycles. The molecule has 7 nitrogen and oxygen atoms in total. The number of pyridine rings is 1. The van der Waals surface area contributed by atoms with Crippen LogP contribution in [-0.2, 0) is 16.1 Å². The molecule has 0 unspecified atom stereocenters. The number of carbonyl (C=O) groups is 2. The van der Waals surface area contributed by atoms with Crippen molar-refractivity contribution >= 4 is 23.2 Å². The molecule has 1 heterocycles. The Morgan fingerprint density at radius 1 is 1.16 bits per heavy atom. The van der Waals surface area contributed by atoms with Gasteiger partial charge in [-0.2, -0.15) is 0 Å². The third-order valence-electron chi connectivity index (χ3n) is 3.74. The molecule has 0 aliphatic rings. The van der Waals surface area contributed by atoms with E-state index in [0.29, 0.717) is 5.69 Å². The summed E-state index contributed by atoms with van der Waals surface area (Å²) in [5.74, 6) is -1.24. The molecule has 2 rings (SSSR count). The van der Waals surface area contributed by atoms with E-state index in [-0.39, 0.29) is 12.4 Å². The van der Waals surface area contributed by atoms with Gasteiger partial charge in [0, 0.05) is 32.0 Å². The Bertz CT molecular complexity index is 749. The fourth-order valence-electron chi connectivity index (χ4n) is 2.29. The predicted octanol–water partition coefficient (Wildman–Crippen LogP) is 1.80. The molecule has 0 bridgehead atoms. The van der Waals surface area contributed by atoms with Gasteiger partial charge in [0.15, 0.2) is 0 Å². The summed E-state index contributed by atoms with van der Waals surface area (Å²) in [5, 5.41) is 5.13. The maximum absolute atomic E-state index is 12.1. The predicted molar refractivity (Wildman–Crippen MR) is 96.7 cm³/mol. The normalized spacial score (nSPS) is 10.0. The highest BCUT2D eigenvalue weighted by Gasteiger charge is 2.16. The molecular weight excluding hydrogens is 320 g/mol. The number of aromatic nitrogens is 1. The van der Waals surface area contributed by atoms with Crippen LogP contribution in [0, 0.1) is 0 Å². The van der Waals surface area contributed by atoms with E-state index in [2.05, 4.69) is 20.5 Å². The van der Waals surface area contributed by atoms with Crippen molar-refractivity contribution in [3.63, 3.8) is 0 Å². The van der Waals surface area contributed by atoms with E-state index >= 15 is 0 Å². The fraction of sp³-hybridized carbons (Fsp3) is 0.278. The van der Waals surface area contributed by atoms with Crippen LogP contribution in [0.25, 0.3) is 0 Å². The number of ether oxygens (including phenoxy) is 1. The van der Waals surface area contributed by atoms with Gasteiger partial charge >= 0.3 is 11.8 Å². The first kappa shape index (κ1) is 18.3. The van der Waals surface area contributed by atoms with E-state index in [1.54, 1.807) is 12.1 Å². The number of anilines is 2. The van der Waals surface area contributed by atoms with E-state index in [4.69, 9.17) is 4.74 Å². The fourth-order valence-corrected chi connectivity index (χ4v) is 2.29. The number of nitrogens with one attached hydrogen (secondary N) is 2. The van der Waals surface area contributed by atoms with Crippen LogP contribution in [0.4, 0.5) is 11.4 Å². The van der Waals surface area contributed by atoms with Crippen LogP contribution in [-0.4, -0.2) is 37.5 Å². The maximum Gasteiger partial charge on any atom is 0.313 e. The minimum Gasteiger partial charge on any atom is -0.480 e. The second-order valence-corrected chi connectivity index (χ2v) is 5.34. The van der Waals surface area contributed by atoms with Crippen molar-refractivity contribution in [2.24, 2.45) is 0 Å². The summed E-state index contributed by atoms with van der Waals surface area (Å²) >= 11 is 0. The second-order valence-electron chi connectivity index (χ2n) is 5.34. The Hall–Kier alpha value is -3.09. The molecule has 0 saturated carbocycles. The lowest BCUT2D eigenvalue weighted by atomic mass is 10.1. The summed E-state index contributed by atoms with van der Waals surface area (Å²) in [6.45, 7) is 3.15. The Morgan fingerprint density at radius 2 is 1.92 bits per heavy atom. The highest BCUT2D eigenvalue weighted by molar-refractivity contribution is 6.39. The number of para-hydroxylation sites is 1. The summed E-state index contributed by atoms with van der Waals surface area (Å²) in [7, 11) is 3.42. The zero-order valence-electron chi connectivity index (χ0n) is 14.6. The van der Waals surface area contributed by atoms with Gasteiger partial charge in [-0.3, -0.25) is 9.59 Å². The second kappa shape index (κ2) is 8.68. The van der Waals surface area contributed by atoms with E-state index in [1.165, 1.54) is 13.3 Å². The van der Waals surface area contributed by atoms with Gasteiger partial charge in [0.25, 0.3) is 0 Å². The molecule has 1 aromatic heterocycles. The molecule has 0 radical (unpaired) electrons. The van der Waals surface area contributed by atoms with Crippen molar-refractivity contribution < 1.29 is 14.3 Å². The Balaban J connectivity index is 2.00. The molecule has 0 aliphatic carbocycles. The van der Waals surface area contributed by atoms with Gasteiger partial charge < -0.3 is 20.3 Å². The molecule has 0 fully saturated rings. The standard InChI is InChI=1S/C18H22N4O3/c1-4-22(2)15-10-6-5-8-13(15)12-20-16(23)17(24)21-14-9-7-11-19-18(14)25-3/h5-11H,4,12H2,1-3H3,(H,20,23)(H,21,24). The summed E-state index contributed by atoms with van der Waals surface area (Å²) in [5.41, 5.74) is 2.29. The number of benzene rings is 1. The lowest BCUT2D eigenvalue weighted by Gasteiger charge is -2.20. The smallest absolute Gasteiger partial charge is 0.313 e. The molecule has 0 spiro atoms. The SMILES string of the molecule is CCN(C)c1ccccc1CNC(=O)C(=O)Nc1cccnc1OC. The number of methoxy groups -OCH3 is 1. The zero-order valence-corrected chi connectivity index (χ0v) is 14.6. The van der Waals surface area contributed by atoms with E-state index in [0.717, 1.165) is 17.8 Å². The van der Waals surface area contributed by atoms with Crippen LogP contribution >= 0.6 is 0 Å². The number of hydrogen-bond acceptors (Lipinski definition) is 5. The van der Waals surface area contributed by atoms with E-state index in [1.807, 2.05) is 38.2 Å². The first-order valence-electron chi connectivity index (χ1n) is 7.94. The van der Waals surface area contributed by atoms with Gasteiger partial charge in [-0.15, -0.1) is 0 Å². The Labute approximate surface area is 147 Å². The summed E-state index contributed by atoms with van der Waals surface area (Å²) in [6, 6.07) is 11.0. The van der Waals surface area contributed by atoms with Crippen molar-refractivity contribution in [2.75, 3.05) is 30.9 Å². The van der Waals surface area contributed by atoms with Gasteiger partial charge in [-0.05, 0) is 30.7 Å². The highest BCUT2D eigenvalue weighted by atomic mass is 16.5. The molecule has 1 aromatic carbocycles. The van der Waals surface area contributed by atoms with Crippen molar-refractivity contribution in [3.05, 3.63) is 48.2 Å². The van der Waals surface area contributed by atoms with Crippen molar-refractivity contribution in [1.82, 2.24) is 10.3 Å². The largest absolute Gasteiger partial charge is 0.480 e. The highest BCUT2D eigenvalue weighted by Crippen LogP contribution is 2.20. The van der Waals surface area contributed by atoms with Gasteiger partial charge in [0.05, 0.1) is 7.11 Å². The third-order valence-corrected chi connectivity index (χ3v) is 3.74. The molecule has 2 amide bonds. The number of carbonyl (C=O) groups excluding carboxylic acids is 2. The number of rotatable bonds is 6. The monoisotopic (exact) mass is 342 g/mol. The quantitative estimate of drug-likeness (QED) is 0.782. The van der Waals surface area contributed by atoms with E-state index < -0.39 is 11.8 Å². The first-order chi connectivity index (χ1) is 12.1. The van der Waals surface area contributed by atoms with Crippen LogP contribution in [0.1, 0.15) is 12.5 Å². The van der Waals surface area contributed by atoms with Gasteiger partial charge in [-0.25, -0.2) is 4.98 Å². The summed E-state index contributed by atoms with van der Waals surface area (Å²) in [6.07, 6.45) is 1.54. The minimum absolute atomic E-state index is 0.249. The Kier molecular flexibility index (Phi) is 6.33. The van der Waals surface area contributed by atoms with Gasteiger partial charge in [-0.1, -0.05) is 18.2 Å². The van der Waals surface area contributed by atoms with Gasteiger partial charge in [0.2, 0.25) is 5.88 Å². The summed E-state index contributed by atoms with van der Waals surface area (Å²) in [4.78, 5) is 30.2. The maximum atomic E-state index is 12.1. The average Bonchev–Trinajstić information content (AvgIpc) is 2.66. The van der Waals surface area contributed by atoms with Crippen LogP contribution in [0.2, 0.25) is 0 Å². The Morgan fingerprint density at radius 3 is 2.64 bits per heavy atom. The number of amides is 2. The van der Waals surface area contributed by atoms with Crippen molar-refractivity contribution in [2.45, 2.75) is 13.5 Å². The molecule has 0 atom stereocenters. The average molecular weight is 342 g/mol.